The molecule has 1 aliphatic heterocycles. The quantitative estimate of drug-likeness (QED) is 0.626. The molecule has 1 rings (SSSR count). The molecule has 0 saturated carbocycles. The van der Waals surface area contributed by atoms with Gasteiger partial charge in [-0.25, -0.2) is 0 Å². The van der Waals surface area contributed by atoms with Gasteiger partial charge in [-0.2, -0.15) is 0 Å². The fourth-order valence-electron chi connectivity index (χ4n) is 2.30. The van der Waals surface area contributed by atoms with Crippen molar-refractivity contribution in [1.29, 1.82) is 0 Å². The first-order valence-corrected chi connectivity index (χ1v) is 6.64. The molecule has 0 aliphatic carbocycles. The first kappa shape index (κ1) is 13.0. The van der Waals surface area contributed by atoms with Gasteiger partial charge in [0.25, 0.3) is 0 Å². The summed E-state index contributed by atoms with van der Waals surface area (Å²) < 4.78 is 5.68. The van der Waals surface area contributed by atoms with Crippen LogP contribution in [0.2, 0.25) is 0 Å². The zero-order valence-corrected chi connectivity index (χ0v) is 10.4. The normalized spacial score (nSPS) is 23.2. The molecule has 1 fully saturated rings. The summed E-state index contributed by atoms with van der Waals surface area (Å²) in [7, 11) is 0. The molecule has 2 heteroatoms. The molecule has 0 spiro atoms. The topological polar surface area (TPSA) is 21.3 Å². The Hall–Kier alpha value is -0.0800. The van der Waals surface area contributed by atoms with E-state index in [4.69, 9.17) is 4.74 Å². The van der Waals surface area contributed by atoms with Gasteiger partial charge in [-0.3, -0.25) is 0 Å². The summed E-state index contributed by atoms with van der Waals surface area (Å²) in [6.07, 6.45) is 7.81. The van der Waals surface area contributed by atoms with Crippen LogP contribution in [0.3, 0.4) is 0 Å². The highest BCUT2D eigenvalue weighted by Gasteiger charge is 2.12. The molecule has 0 aromatic heterocycles. The van der Waals surface area contributed by atoms with Crippen molar-refractivity contribution in [3.63, 3.8) is 0 Å². The van der Waals surface area contributed by atoms with E-state index in [0.717, 1.165) is 25.2 Å². The van der Waals surface area contributed by atoms with Crippen molar-refractivity contribution in [2.24, 2.45) is 5.92 Å². The number of rotatable bonds is 8. The van der Waals surface area contributed by atoms with Gasteiger partial charge in [0.05, 0.1) is 0 Å². The van der Waals surface area contributed by atoms with Crippen LogP contribution in [0, 0.1) is 5.92 Å². The molecule has 2 nitrogen and oxygen atoms in total. The van der Waals surface area contributed by atoms with Crippen LogP contribution in [-0.4, -0.2) is 25.8 Å². The lowest BCUT2D eigenvalue weighted by Crippen LogP contribution is -2.21. The standard InChI is InChI=1S/C13H27NO/c1-3-6-12(2)11-15-10-5-8-13-7-4-9-14-13/h12-14H,3-11H2,1-2H3. The van der Waals surface area contributed by atoms with Crippen molar-refractivity contribution in [3.05, 3.63) is 0 Å². The van der Waals surface area contributed by atoms with Crippen LogP contribution in [0.1, 0.15) is 52.4 Å². The summed E-state index contributed by atoms with van der Waals surface area (Å²) in [5.41, 5.74) is 0. The molecule has 2 atom stereocenters. The Labute approximate surface area is 94.8 Å². The fourth-order valence-corrected chi connectivity index (χ4v) is 2.30. The maximum absolute atomic E-state index is 5.68. The van der Waals surface area contributed by atoms with Gasteiger partial charge in [0.15, 0.2) is 0 Å². The van der Waals surface area contributed by atoms with Crippen molar-refractivity contribution >= 4 is 0 Å². The largest absolute Gasteiger partial charge is 0.381 e. The van der Waals surface area contributed by atoms with Crippen LogP contribution < -0.4 is 5.32 Å². The fraction of sp³-hybridized carbons (Fsp3) is 1.00. The average Bonchev–Trinajstić information content (AvgIpc) is 2.70. The van der Waals surface area contributed by atoms with E-state index < -0.39 is 0 Å². The van der Waals surface area contributed by atoms with Gasteiger partial charge in [-0.05, 0) is 44.6 Å². The number of hydrogen-bond acceptors (Lipinski definition) is 2. The molecule has 0 aromatic carbocycles. The summed E-state index contributed by atoms with van der Waals surface area (Å²) in [5.74, 6) is 0.736. The molecule has 0 bridgehead atoms. The third-order valence-corrected chi connectivity index (χ3v) is 3.19. The van der Waals surface area contributed by atoms with E-state index in [1.807, 2.05) is 0 Å². The van der Waals surface area contributed by atoms with Gasteiger partial charge in [-0.1, -0.05) is 20.3 Å². The first-order chi connectivity index (χ1) is 7.33. The molecule has 0 aromatic rings. The number of ether oxygens (including phenoxy) is 1. The first-order valence-electron chi connectivity index (χ1n) is 6.64. The molecule has 1 N–H and O–H groups in total. The third kappa shape index (κ3) is 6.16. The van der Waals surface area contributed by atoms with E-state index in [-0.39, 0.29) is 0 Å². The highest BCUT2D eigenvalue weighted by atomic mass is 16.5. The van der Waals surface area contributed by atoms with Gasteiger partial charge in [0.1, 0.15) is 0 Å². The molecule has 90 valence electrons. The molecule has 15 heavy (non-hydrogen) atoms. The van der Waals surface area contributed by atoms with Crippen LogP contribution in [0.4, 0.5) is 0 Å². The van der Waals surface area contributed by atoms with Crippen molar-refractivity contribution in [2.75, 3.05) is 19.8 Å². The molecular weight excluding hydrogens is 186 g/mol. The van der Waals surface area contributed by atoms with Crippen molar-refractivity contribution in [3.8, 4) is 0 Å². The lowest BCUT2D eigenvalue weighted by molar-refractivity contribution is 0.0973. The Morgan fingerprint density at radius 1 is 1.47 bits per heavy atom. The lowest BCUT2D eigenvalue weighted by atomic mass is 10.1. The van der Waals surface area contributed by atoms with Gasteiger partial charge in [-0.15, -0.1) is 0 Å². The summed E-state index contributed by atoms with van der Waals surface area (Å²) in [5, 5.41) is 3.52. The van der Waals surface area contributed by atoms with Crippen molar-refractivity contribution in [1.82, 2.24) is 5.32 Å². The molecule has 1 aliphatic rings. The summed E-state index contributed by atoms with van der Waals surface area (Å²) in [6.45, 7) is 7.64. The molecular formula is C13H27NO. The van der Waals surface area contributed by atoms with E-state index in [9.17, 15) is 0 Å². The molecule has 1 saturated heterocycles. The van der Waals surface area contributed by atoms with Crippen molar-refractivity contribution in [2.45, 2.75) is 58.4 Å². The summed E-state index contributed by atoms with van der Waals surface area (Å²) >= 11 is 0. The van der Waals surface area contributed by atoms with Crippen LogP contribution in [0.25, 0.3) is 0 Å². The van der Waals surface area contributed by atoms with E-state index in [0.29, 0.717) is 0 Å². The third-order valence-electron chi connectivity index (χ3n) is 3.19. The Kier molecular flexibility index (Phi) is 7.03. The molecule has 0 amide bonds. The minimum atomic E-state index is 0.736. The SMILES string of the molecule is CCCC(C)COCCCC1CCCN1. The van der Waals surface area contributed by atoms with Gasteiger partial charge >= 0.3 is 0 Å². The van der Waals surface area contributed by atoms with Gasteiger partial charge in [0, 0.05) is 19.3 Å². The smallest absolute Gasteiger partial charge is 0.0491 e. The van der Waals surface area contributed by atoms with Crippen molar-refractivity contribution < 1.29 is 4.74 Å². The highest BCUT2D eigenvalue weighted by molar-refractivity contribution is 4.73. The molecule has 2 unspecified atom stereocenters. The second-order valence-corrected chi connectivity index (χ2v) is 4.90. The Morgan fingerprint density at radius 3 is 3.00 bits per heavy atom. The lowest BCUT2D eigenvalue weighted by Gasteiger charge is -2.12. The Morgan fingerprint density at radius 2 is 2.33 bits per heavy atom. The highest BCUT2D eigenvalue weighted by Crippen LogP contribution is 2.11. The van der Waals surface area contributed by atoms with Crippen LogP contribution in [0.5, 0.6) is 0 Å². The van der Waals surface area contributed by atoms with Gasteiger partial charge < -0.3 is 10.1 Å². The monoisotopic (exact) mass is 213 g/mol. The van der Waals surface area contributed by atoms with E-state index >= 15 is 0 Å². The Bertz CT molecular complexity index is 143. The number of hydrogen-bond donors (Lipinski definition) is 1. The van der Waals surface area contributed by atoms with E-state index in [2.05, 4.69) is 19.2 Å². The minimum Gasteiger partial charge on any atom is -0.381 e. The maximum Gasteiger partial charge on any atom is 0.0491 e. The maximum atomic E-state index is 5.68. The minimum absolute atomic E-state index is 0.736. The second kappa shape index (κ2) is 8.12. The van der Waals surface area contributed by atoms with Crippen LogP contribution >= 0.6 is 0 Å². The molecule has 1 heterocycles. The predicted molar refractivity (Wildman–Crippen MR) is 65.1 cm³/mol. The van der Waals surface area contributed by atoms with E-state index in [1.165, 1.54) is 45.1 Å². The molecule has 0 radical (unpaired) electrons. The van der Waals surface area contributed by atoms with Gasteiger partial charge in [0.2, 0.25) is 0 Å². The number of nitrogens with one attached hydrogen (secondary N) is 1. The van der Waals surface area contributed by atoms with Crippen LogP contribution in [-0.2, 0) is 4.74 Å². The second-order valence-electron chi connectivity index (χ2n) is 4.90. The van der Waals surface area contributed by atoms with E-state index in [1.54, 1.807) is 0 Å². The average molecular weight is 213 g/mol. The zero-order valence-electron chi connectivity index (χ0n) is 10.4. The summed E-state index contributed by atoms with van der Waals surface area (Å²) in [6, 6.07) is 0.779. The van der Waals surface area contributed by atoms with Crippen LogP contribution in [0.15, 0.2) is 0 Å². The predicted octanol–water partition coefficient (Wildman–Crippen LogP) is 2.97. The Balaban J connectivity index is 1.84. The summed E-state index contributed by atoms with van der Waals surface area (Å²) in [4.78, 5) is 0. The zero-order chi connectivity index (χ0) is 10.9.